The van der Waals surface area contributed by atoms with Crippen LogP contribution in [0.3, 0.4) is 0 Å². The molecule has 62 valence electrons. The van der Waals surface area contributed by atoms with Gasteiger partial charge in [-0.25, -0.2) is 0 Å². The first-order chi connectivity index (χ1) is 4.85. The van der Waals surface area contributed by atoms with Gasteiger partial charge in [0.05, 0.1) is 0 Å². The molecule has 0 saturated heterocycles. The molecule has 0 rings (SSSR count). The van der Waals surface area contributed by atoms with Crippen molar-refractivity contribution in [3.63, 3.8) is 0 Å². The molecule has 0 fully saturated rings. The second kappa shape index (κ2) is 7.75. The smallest absolute Gasteiger partial charge is 0.0204 e. The summed E-state index contributed by atoms with van der Waals surface area (Å²) in [7, 11) is 0. The van der Waals surface area contributed by atoms with E-state index >= 15 is 0 Å². The van der Waals surface area contributed by atoms with Crippen LogP contribution in [0.2, 0.25) is 0 Å². The summed E-state index contributed by atoms with van der Waals surface area (Å²) in [6.45, 7) is 6.60. The fourth-order valence-corrected chi connectivity index (χ4v) is 1.33. The molecule has 0 aromatic carbocycles. The van der Waals surface area contributed by atoms with Gasteiger partial charge in [-0.1, -0.05) is 13.8 Å². The van der Waals surface area contributed by atoms with E-state index < -0.39 is 0 Å². The van der Waals surface area contributed by atoms with E-state index in [0.29, 0.717) is 6.04 Å². The Hall–Kier alpha value is 0.650. The molecular formula is C7H17IN2. The summed E-state index contributed by atoms with van der Waals surface area (Å²) >= 11 is 2.19. The van der Waals surface area contributed by atoms with Crippen LogP contribution in [0, 0.1) is 0 Å². The molecule has 0 aromatic rings. The zero-order valence-electron chi connectivity index (χ0n) is 6.78. The van der Waals surface area contributed by atoms with Gasteiger partial charge in [-0.05, 0) is 19.4 Å². The van der Waals surface area contributed by atoms with Crippen molar-refractivity contribution in [2.45, 2.75) is 32.7 Å². The minimum atomic E-state index is 0.650. The van der Waals surface area contributed by atoms with Crippen LogP contribution < -0.4 is 8.85 Å². The third-order valence-corrected chi connectivity index (χ3v) is 1.94. The largest absolute Gasteiger partial charge is 0.313 e. The van der Waals surface area contributed by atoms with Crippen LogP contribution in [-0.4, -0.2) is 19.1 Å². The fourth-order valence-electron chi connectivity index (χ4n) is 0.802. The summed E-state index contributed by atoms with van der Waals surface area (Å²) in [6, 6.07) is 0.650. The lowest BCUT2D eigenvalue weighted by Gasteiger charge is -2.14. The van der Waals surface area contributed by atoms with Crippen molar-refractivity contribution in [1.82, 2.24) is 8.85 Å². The first-order valence-corrected chi connectivity index (χ1v) is 4.99. The molecule has 0 bridgehead atoms. The molecule has 0 spiro atoms. The molecule has 2 nitrogen and oxygen atoms in total. The van der Waals surface area contributed by atoms with Crippen LogP contribution in [0.15, 0.2) is 0 Å². The lowest BCUT2D eigenvalue weighted by molar-refractivity contribution is 0.499. The second-order valence-electron chi connectivity index (χ2n) is 2.40. The predicted octanol–water partition coefficient (Wildman–Crippen LogP) is 1.70. The molecule has 0 aromatic heterocycles. The highest BCUT2D eigenvalue weighted by Crippen LogP contribution is 1.89. The monoisotopic (exact) mass is 256 g/mol. The average Bonchev–Trinajstić information content (AvgIpc) is 1.98. The van der Waals surface area contributed by atoms with Gasteiger partial charge in [-0.15, -0.1) is 0 Å². The van der Waals surface area contributed by atoms with Crippen molar-refractivity contribution in [2.75, 3.05) is 13.1 Å². The van der Waals surface area contributed by atoms with E-state index in [2.05, 4.69) is 45.6 Å². The summed E-state index contributed by atoms with van der Waals surface area (Å²) in [6.07, 6.45) is 2.42. The number of rotatable bonds is 6. The van der Waals surface area contributed by atoms with E-state index in [0.717, 1.165) is 13.1 Å². The molecule has 1 unspecified atom stereocenters. The molecule has 1 atom stereocenters. The number of halogens is 1. The molecule has 0 radical (unpaired) electrons. The maximum Gasteiger partial charge on any atom is 0.0204 e. The van der Waals surface area contributed by atoms with Crippen LogP contribution in [0.4, 0.5) is 0 Å². The van der Waals surface area contributed by atoms with Crippen molar-refractivity contribution in [3.8, 4) is 0 Å². The summed E-state index contributed by atoms with van der Waals surface area (Å²) in [5.74, 6) is 0. The molecule has 0 saturated carbocycles. The highest BCUT2D eigenvalue weighted by molar-refractivity contribution is 14.1. The van der Waals surface area contributed by atoms with E-state index in [4.69, 9.17) is 0 Å². The van der Waals surface area contributed by atoms with Gasteiger partial charge in [-0.2, -0.15) is 0 Å². The second-order valence-corrected chi connectivity index (χ2v) is 3.16. The highest BCUT2D eigenvalue weighted by atomic mass is 127. The zero-order valence-corrected chi connectivity index (χ0v) is 8.94. The van der Waals surface area contributed by atoms with Crippen molar-refractivity contribution in [2.24, 2.45) is 0 Å². The van der Waals surface area contributed by atoms with Gasteiger partial charge < -0.3 is 5.32 Å². The number of hydrogen-bond acceptors (Lipinski definition) is 2. The lowest BCUT2D eigenvalue weighted by atomic mass is 10.2. The lowest BCUT2D eigenvalue weighted by Crippen LogP contribution is -2.35. The molecule has 0 aliphatic heterocycles. The molecular weight excluding hydrogens is 239 g/mol. The quantitative estimate of drug-likeness (QED) is 0.558. The predicted molar refractivity (Wildman–Crippen MR) is 54.4 cm³/mol. The van der Waals surface area contributed by atoms with Crippen LogP contribution in [-0.2, 0) is 0 Å². The van der Waals surface area contributed by atoms with Gasteiger partial charge in [0.25, 0.3) is 0 Å². The van der Waals surface area contributed by atoms with Crippen molar-refractivity contribution >= 4 is 22.9 Å². The third-order valence-electron chi connectivity index (χ3n) is 1.50. The standard InChI is InChI=1S/C7H17IN2/c1-3-5-9-7(4-2)6-10-8/h7,9-10H,3-6H2,1-2H3. The highest BCUT2D eigenvalue weighted by Gasteiger charge is 2.01. The Morgan fingerprint density at radius 2 is 2.10 bits per heavy atom. The molecule has 0 aliphatic rings. The Morgan fingerprint density at radius 1 is 1.40 bits per heavy atom. The summed E-state index contributed by atoms with van der Waals surface area (Å²) in [4.78, 5) is 0. The number of hydrogen-bond donors (Lipinski definition) is 2. The summed E-state index contributed by atoms with van der Waals surface area (Å²) in [5.41, 5.74) is 0. The zero-order chi connectivity index (χ0) is 7.82. The summed E-state index contributed by atoms with van der Waals surface area (Å²) in [5, 5.41) is 3.45. The molecule has 10 heavy (non-hydrogen) atoms. The van der Waals surface area contributed by atoms with Crippen LogP contribution in [0.25, 0.3) is 0 Å². The number of nitrogens with one attached hydrogen (secondary N) is 2. The maximum absolute atomic E-state index is 3.45. The SMILES string of the molecule is CCCNC(CC)CNI. The molecule has 2 N–H and O–H groups in total. The Kier molecular flexibility index (Phi) is 8.26. The molecule has 0 amide bonds. The van der Waals surface area contributed by atoms with Crippen molar-refractivity contribution in [1.29, 1.82) is 0 Å². The van der Waals surface area contributed by atoms with Gasteiger partial charge in [0, 0.05) is 35.5 Å². The minimum Gasteiger partial charge on any atom is -0.313 e. The van der Waals surface area contributed by atoms with Crippen LogP contribution in [0.1, 0.15) is 26.7 Å². The normalized spacial score (nSPS) is 13.5. The van der Waals surface area contributed by atoms with E-state index in [1.54, 1.807) is 0 Å². The van der Waals surface area contributed by atoms with Crippen molar-refractivity contribution < 1.29 is 0 Å². The van der Waals surface area contributed by atoms with Gasteiger partial charge in [0.1, 0.15) is 0 Å². The topological polar surface area (TPSA) is 24.1 Å². The molecule has 0 aliphatic carbocycles. The van der Waals surface area contributed by atoms with Gasteiger partial charge in [-0.3, -0.25) is 3.53 Å². The van der Waals surface area contributed by atoms with E-state index in [1.807, 2.05) is 0 Å². The van der Waals surface area contributed by atoms with Crippen LogP contribution >= 0.6 is 22.9 Å². The Morgan fingerprint density at radius 3 is 2.50 bits per heavy atom. The van der Waals surface area contributed by atoms with Gasteiger partial charge >= 0.3 is 0 Å². The van der Waals surface area contributed by atoms with E-state index in [-0.39, 0.29) is 0 Å². The average molecular weight is 256 g/mol. The maximum atomic E-state index is 3.45. The third kappa shape index (κ3) is 5.44. The van der Waals surface area contributed by atoms with Crippen LogP contribution in [0.5, 0.6) is 0 Å². The Bertz CT molecular complexity index is 68.6. The van der Waals surface area contributed by atoms with Gasteiger partial charge in [0.2, 0.25) is 0 Å². The fraction of sp³-hybridized carbons (Fsp3) is 1.00. The molecule has 0 heterocycles. The Balaban J connectivity index is 3.21. The first-order valence-electron chi connectivity index (χ1n) is 3.92. The minimum absolute atomic E-state index is 0.650. The van der Waals surface area contributed by atoms with Gasteiger partial charge in [0.15, 0.2) is 0 Å². The summed E-state index contributed by atoms with van der Waals surface area (Å²) < 4.78 is 3.14. The first kappa shape index (κ1) is 10.7. The molecule has 3 heteroatoms. The Labute approximate surface area is 77.6 Å². The van der Waals surface area contributed by atoms with E-state index in [9.17, 15) is 0 Å². The van der Waals surface area contributed by atoms with E-state index in [1.165, 1.54) is 12.8 Å². The van der Waals surface area contributed by atoms with Crippen molar-refractivity contribution in [3.05, 3.63) is 0 Å².